The molecule has 4 rings (SSSR count). The molecule has 0 saturated carbocycles. The lowest BCUT2D eigenvalue weighted by Gasteiger charge is -2.23. The van der Waals surface area contributed by atoms with E-state index in [1.807, 2.05) is 0 Å². The molecule has 1 aliphatic carbocycles. The van der Waals surface area contributed by atoms with E-state index in [2.05, 4.69) is 15.4 Å². The maximum absolute atomic E-state index is 12.8. The van der Waals surface area contributed by atoms with E-state index >= 15 is 0 Å². The summed E-state index contributed by atoms with van der Waals surface area (Å²) < 4.78 is 5.51. The number of anilines is 1. The number of carbonyl (C=O) groups excluding carboxylic acids is 1. The molecule has 0 spiro atoms. The van der Waals surface area contributed by atoms with Crippen LogP contribution in [0.3, 0.4) is 0 Å². The molecule has 26 heavy (non-hydrogen) atoms. The summed E-state index contributed by atoms with van der Waals surface area (Å²) in [6, 6.07) is 4.88. The summed E-state index contributed by atoms with van der Waals surface area (Å²) in [6.45, 7) is 1.54. The van der Waals surface area contributed by atoms with Crippen molar-refractivity contribution in [3.63, 3.8) is 0 Å². The van der Waals surface area contributed by atoms with Crippen LogP contribution in [0.15, 0.2) is 22.7 Å². The number of aryl methyl sites for hydroxylation is 1. The summed E-state index contributed by atoms with van der Waals surface area (Å²) >= 11 is 12.0. The van der Waals surface area contributed by atoms with Gasteiger partial charge in [0, 0.05) is 34.3 Å². The zero-order chi connectivity index (χ0) is 18.1. The molecule has 2 heterocycles. The second-order valence-electron chi connectivity index (χ2n) is 7.01. The van der Waals surface area contributed by atoms with Gasteiger partial charge in [-0.05, 0) is 56.8 Å². The second-order valence-corrected chi connectivity index (χ2v) is 7.89. The molecule has 1 atom stereocenters. The van der Waals surface area contributed by atoms with Crippen molar-refractivity contribution in [3.05, 3.63) is 45.3 Å². The molecule has 2 aromatic rings. The number of benzene rings is 1. The Morgan fingerprint density at radius 1 is 1.19 bits per heavy atom. The fourth-order valence-corrected chi connectivity index (χ4v) is 4.46. The van der Waals surface area contributed by atoms with Crippen LogP contribution in [0.5, 0.6) is 0 Å². The summed E-state index contributed by atoms with van der Waals surface area (Å²) in [5.74, 6) is 0.998. The second kappa shape index (κ2) is 7.59. The average Bonchev–Trinajstić information content (AvgIpc) is 3.22. The van der Waals surface area contributed by atoms with Gasteiger partial charge in [-0.1, -0.05) is 28.4 Å². The summed E-state index contributed by atoms with van der Waals surface area (Å²) in [5, 5.41) is 8.23. The van der Waals surface area contributed by atoms with Crippen molar-refractivity contribution < 1.29 is 9.32 Å². The first kappa shape index (κ1) is 17.8. The van der Waals surface area contributed by atoms with Crippen LogP contribution in [-0.2, 0) is 24.2 Å². The third kappa shape index (κ3) is 3.75. The number of hydrogen-bond donors (Lipinski definition) is 1. The monoisotopic (exact) mass is 393 g/mol. The van der Waals surface area contributed by atoms with E-state index in [1.54, 1.807) is 18.2 Å². The van der Waals surface area contributed by atoms with Gasteiger partial charge in [-0.3, -0.25) is 9.69 Å². The molecule has 1 saturated heterocycles. The predicted octanol–water partition coefficient (Wildman–Crippen LogP) is 4.46. The quantitative estimate of drug-likeness (QED) is 0.832. The largest absolute Gasteiger partial charge is 0.361 e. The van der Waals surface area contributed by atoms with E-state index in [-0.39, 0.29) is 11.9 Å². The van der Waals surface area contributed by atoms with Gasteiger partial charge in [0.2, 0.25) is 5.91 Å². The highest BCUT2D eigenvalue weighted by atomic mass is 35.5. The summed E-state index contributed by atoms with van der Waals surface area (Å²) in [7, 11) is 0. The Bertz CT molecular complexity index is 801. The van der Waals surface area contributed by atoms with Crippen LogP contribution in [-0.4, -0.2) is 28.6 Å². The average molecular weight is 394 g/mol. The highest BCUT2D eigenvalue weighted by Gasteiger charge is 2.32. The third-order valence-electron chi connectivity index (χ3n) is 5.18. The van der Waals surface area contributed by atoms with Crippen molar-refractivity contribution in [1.29, 1.82) is 0 Å². The smallest absolute Gasteiger partial charge is 0.241 e. The number of nitrogens with one attached hydrogen (secondary N) is 1. The minimum absolute atomic E-state index is 0.0294. The summed E-state index contributed by atoms with van der Waals surface area (Å²) in [5.41, 5.74) is 2.87. The van der Waals surface area contributed by atoms with Crippen LogP contribution in [0, 0.1) is 0 Å². The molecule has 1 aromatic carbocycles. The Labute approximate surface area is 162 Å². The molecule has 138 valence electrons. The number of likely N-dealkylation sites (tertiary alicyclic amines) is 1. The number of hydrogen-bond acceptors (Lipinski definition) is 4. The number of halogens is 2. The molecule has 0 bridgehead atoms. The normalized spacial score (nSPS) is 20.2. The van der Waals surface area contributed by atoms with Gasteiger partial charge in [0.15, 0.2) is 0 Å². The van der Waals surface area contributed by atoms with Crippen molar-refractivity contribution in [2.45, 2.75) is 51.1 Å². The minimum Gasteiger partial charge on any atom is -0.361 e. The molecule has 1 aliphatic heterocycles. The van der Waals surface area contributed by atoms with E-state index in [0.29, 0.717) is 22.3 Å². The maximum Gasteiger partial charge on any atom is 0.241 e. The van der Waals surface area contributed by atoms with Crippen molar-refractivity contribution in [1.82, 2.24) is 10.1 Å². The molecule has 0 radical (unpaired) electrons. The van der Waals surface area contributed by atoms with Crippen molar-refractivity contribution in [3.8, 4) is 0 Å². The number of nitrogens with zero attached hydrogens (tertiary/aromatic N) is 2. The molecule has 1 fully saturated rings. The van der Waals surface area contributed by atoms with E-state index < -0.39 is 0 Å². The molecule has 1 N–H and O–H groups in total. The van der Waals surface area contributed by atoms with Crippen LogP contribution in [0.4, 0.5) is 5.69 Å². The molecule has 1 aromatic heterocycles. The highest BCUT2D eigenvalue weighted by molar-refractivity contribution is 6.35. The van der Waals surface area contributed by atoms with Gasteiger partial charge in [-0.25, -0.2) is 0 Å². The lowest BCUT2D eigenvalue weighted by Crippen LogP contribution is -2.39. The van der Waals surface area contributed by atoms with Crippen LogP contribution in [0.1, 0.15) is 42.7 Å². The van der Waals surface area contributed by atoms with Crippen LogP contribution >= 0.6 is 23.2 Å². The first-order valence-corrected chi connectivity index (χ1v) is 9.83. The Morgan fingerprint density at radius 2 is 1.96 bits per heavy atom. The topological polar surface area (TPSA) is 58.4 Å². The van der Waals surface area contributed by atoms with Gasteiger partial charge in [0.05, 0.1) is 6.04 Å². The fraction of sp³-hybridized carbons (Fsp3) is 0.474. The number of fused-ring (bicyclic) bond motifs is 1. The van der Waals surface area contributed by atoms with Crippen molar-refractivity contribution >= 4 is 34.8 Å². The van der Waals surface area contributed by atoms with Gasteiger partial charge in [-0.2, -0.15) is 0 Å². The number of rotatable bonds is 4. The molecule has 2 aliphatic rings. The number of aromatic nitrogens is 1. The zero-order valence-electron chi connectivity index (χ0n) is 14.4. The predicted molar refractivity (Wildman–Crippen MR) is 102 cm³/mol. The summed E-state index contributed by atoms with van der Waals surface area (Å²) in [4.78, 5) is 15.0. The Kier molecular flexibility index (Phi) is 5.20. The molecular weight excluding hydrogens is 373 g/mol. The number of amides is 1. The first-order valence-electron chi connectivity index (χ1n) is 9.07. The first-order chi connectivity index (χ1) is 12.6. The van der Waals surface area contributed by atoms with Gasteiger partial charge in [0.25, 0.3) is 0 Å². The van der Waals surface area contributed by atoms with E-state index in [1.165, 1.54) is 18.4 Å². The van der Waals surface area contributed by atoms with Crippen molar-refractivity contribution in [2.24, 2.45) is 0 Å². The van der Waals surface area contributed by atoms with Gasteiger partial charge >= 0.3 is 0 Å². The SMILES string of the molecule is O=C(Nc1cc(Cl)cc(Cl)c1)C1CCCN1Cc1noc2c1CCCC2. The van der Waals surface area contributed by atoms with E-state index in [4.69, 9.17) is 27.7 Å². The molecule has 5 nitrogen and oxygen atoms in total. The minimum atomic E-state index is -0.177. The van der Waals surface area contributed by atoms with Crippen LogP contribution in [0.2, 0.25) is 10.0 Å². The maximum atomic E-state index is 12.8. The zero-order valence-corrected chi connectivity index (χ0v) is 15.9. The van der Waals surface area contributed by atoms with Crippen molar-refractivity contribution in [2.75, 3.05) is 11.9 Å². The fourth-order valence-electron chi connectivity index (χ4n) is 3.93. The van der Waals surface area contributed by atoms with Crippen LogP contribution in [0.25, 0.3) is 0 Å². The third-order valence-corrected chi connectivity index (χ3v) is 5.62. The highest BCUT2D eigenvalue weighted by Crippen LogP contribution is 2.28. The molecular formula is C19H21Cl2N3O2. The molecule has 1 amide bonds. The lowest BCUT2D eigenvalue weighted by atomic mass is 9.96. The van der Waals surface area contributed by atoms with Gasteiger partial charge in [-0.15, -0.1) is 0 Å². The Balaban J connectivity index is 1.46. The standard InChI is InChI=1S/C19H21Cl2N3O2/c20-12-8-13(21)10-14(9-12)22-19(25)17-5-3-7-24(17)11-16-15-4-1-2-6-18(15)26-23-16/h8-10,17H,1-7,11H2,(H,22,25). The Morgan fingerprint density at radius 3 is 2.77 bits per heavy atom. The van der Waals surface area contributed by atoms with Gasteiger partial charge in [0.1, 0.15) is 11.5 Å². The number of carbonyl (C=O) groups is 1. The van der Waals surface area contributed by atoms with E-state index in [9.17, 15) is 4.79 Å². The van der Waals surface area contributed by atoms with Gasteiger partial charge < -0.3 is 9.84 Å². The van der Waals surface area contributed by atoms with Crippen LogP contribution < -0.4 is 5.32 Å². The molecule has 1 unspecified atom stereocenters. The lowest BCUT2D eigenvalue weighted by molar-refractivity contribution is -0.120. The molecule has 7 heteroatoms. The summed E-state index contributed by atoms with van der Waals surface area (Å²) in [6.07, 6.45) is 6.18. The Hall–Kier alpha value is -1.56. The van der Waals surface area contributed by atoms with E-state index in [0.717, 1.165) is 43.7 Å².